The second kappa shape index (κ2) is 7.65. The van der Waals surface area contributed by atoms with Crippen molar-refractivity contribution in [1.29, 1.82) is 0 Å². The topological polar surface area (TPSA) is 78.9 Å². The number of hydrogen-bond acceptors (Lipinski definition) is 6. The number of hydrogen-bond donors (Lipinski definition) is 1. The third-order valence-corrected chi connectivity index (χ3v) is 4.35. The molecular weight excluding hydrogens is 367 g/mol. The van der Waals surface area contributed by atoms with Crippen molar-refractivity contribution in [2.75, 3.05) is 5.84 Å². The van der Waals surface area contributed by atoms with Gasteiger partial charge in [0.2, 0.25) is 5.16 Å². The number of aromatic nitrogens is 4. The molecule has 2 heterocycles. The summed E-state index contributed by atoms with van der Waals surface area (Å²) >= 11 is 1.07. The minimum absolute atomic E-state index is 0.00534. The lowest BCUT2D eigenvalue weighted by atomic mass is 10.2. The lowest BCUT2D eigenvalue weighted by molar-refractivity contribution is -0.146. The number of nitrogens with zero attached hydrogens (tertiary/aromatic N) is 4. The number of nitrogens with two attached hydrogens (primary N) is 1. The Labute approximate surface area is 151 Å². The van der Waals surface area contributed by atoms with E-state index in [1.54, 1.807) is 24.5 Å². The van der Waals surface area contributed by atoms with E-state index in [1.165, 1.54) is 0 Å². The molecule has 0 aliphatic rings. The minimum atomic E-state index is -4.63. The van der Waals surface area contributed by atoms with Gasteiger partial charge >= 0.3 is 6.18 Å². The number of benzene rings is 1. The van der Waals surface area contributed by atoms with Gasteiger partial charge in [0.15, 0.2) is 0 Å². The van der Waals surface area contributed by atoms with E-state index < -0.39 is 12.0 Å². The summed E-state index contributed by atoms with van der Waals surface area (Å²) in [5, 5.41) is 6.56. The Balaban J connectivity index is 1.56. The van der Waals surface area contributed by atoms with Gasteiger partial charge in [-0.1, -0.05) is 30.0 Å². The highest BCUT2D eigenvalue weighted by Gasteiger charge is 2.38. The third-order valence-electron chi connectivity index (χ3n) is 3.34. The molecule has 136 valence electrons. The Hall–Kier alpha value is -2.75. The largest absolute Gasteiger partial charge is 0.489 e. The number of alkyl halides is 3. The van der Waals surface area contributed by atoms with Gasteiger partial charge in [-0.05, 0) is 23.8 Å². The molecule has 0 bridgehead atoms. The summed E-state index contributed by atoms with van der Waals surface area (Å²) in [4.78, 5) is 4.01. The zero-order valence-electron chi connectivity index (χ0n) is 13.3. The van der Waals surface area contributed by atoms with E-state index in [-0.39, 0.29) is 5.16 Å². The monoisotopic (exact) mass is 381 g/mol. The van der Waals surface area contributed by atoms with E-state index in [9.17, 15) is 13.2 Å². The zero-order valence-corrected chi connectivity index (χ0v) is 14.2. The molecule has 3 rings (SSSR count). The fourth-order valence-corrected chi connectivity index (χ4v) is 2.86. The SMILES string of the molecule is Nn1c(SCc2ccc(OCc3cccnc3)cc2)nnc1C(F)(F)F. The van der Waals surface area contributed by atoms with Gasteiger partial charge in [-0.3, -0.25) is 4.98 Å². The average molecular weight is 381 g/mol. The molecule has 1 aromatic carbocycles. The summed E-state index contributed by atoms with van der Waals surface area (Å²) in [6.07, 6.45) is -1.22. The van der Waals surface area contributed by atoms with Crippen molar-refractivity contribution < 1.29 is 17.9 Å². The van der Waals surface area contributed by atoms with E-state index in [0.717, 1.165) is 22.9 Å². The lowest BCUT2D eigenvalue weighted by Crippen LogP contribution is -2.21. The molecule has 0 aliphatic heterocycles. The first-order valence-electron chi connectivity index (χ1n) is 7.44. The van der Waals surface area contributed by atoms with Gasteiger partial charge < -0.3 is 10.6 Å². The minimum Gasteiger partial charge on any atom is -0.489 e. The van der Waals surface area contributed by atoms with Crippen LogP contribution in [0.1, 0.15) is 17.0 Å². The highest BCUT2D eigenvalue weighted by molar-refractivity contribution is 7.98. The Kier molecular flexibility index (Phi) is 5.31. The molecule has 26 heavy (non-hydrogen) atoms. The second-order valence-corrected chi connectivity index (χ2v) is 6.20. The molecule has 0 atom stereocenters. The molecule has 6 nitrogen and oxygen atoms in total. The fourth-order valence-electron chi connectivity index (χ4n) is 2.05. The number of thioether (sulfide) groups is 1. The second-order valence-electron chi connectivity index (χ2n) is 5.26. The third kappa shape index (κ3) is 4.45. The maximum absolute atomic E-state index is 12.6. The Morgan fingerprint density at radius 2 is 1.85 bits per heavy atom. The van der Waals surface area contributed by atoms with Crippen LogP contribution in [0, 0.1) is 0 Å². The van der Waals surface area contributed by atoms with Crippen molar-refractivity contribution >= 4 is 11.8 Å². The first kappa shape index (κ1) is 18.1. The maximum Gasteiger partial charge on any atom is 0.453 e. The van der Waals surface area contributed by atoms with E-state index in [0.29, 0.717) is 22.8 Å². The molecule has 0 amide bonds. The molecule has 0 fully saturated rings. The summed E-state index contributed by atoms with van der Waals surface area (Å²) in [7, 11) is 0. The number of nitrogen functional groups attached to an aromatic ring is 1. The summed E-state index contributed by atoms with van der Waals surface area (Å²) in [5.74, 6) is 5.26. The molecule has 0 aliphatic carbocycles. The Bertz CT molecular complexity index is 853. The Morgan fingerprint density at radius 1 is 1.08 bits per heavy atom. The molecular formula is C16H14F3N5OS. The fraction of sp³-hybridized carbons (Fsp3) is 0.188. The Morgan fingerprint density at radius 3 is 2.46 bits per heavy atom. The van der Waals surface area contributed by atoms with E-state index in [2.05, 4.69) is 15.2 Å². The average Bonchev–Trinajstić information content (AvgIpc) is 3.01. The number of pyridine rings is 1. The first-order valence-corrected chi connectivity index (χ1v) is 8.43. The smallest absolute Gasteiger partial charge is 0.453 e. The van der Waals surface area contributed by atoms with Crippen molar-refractivity contribution in [3.63, 3.8) is 0 Å². The van der Waals surface area contributed by atoms with Crippen LogP contribution >= 0.6 is 11.8 Å². The zero-order chi connectivity index (χ0) is 18.6. The first-order chi connectivity index (χ1) is 12.4. The van der Waals surface area contributed by atoms with Gasteiger partial charge in [0, 0.05) is 23.7 Å². The van der Waals surface area contributed by atoms with Crippen LogP contribution in [0.3, 0.4) is 0 Å². The highest BCUT2D eigenvalue weighted by Crippen LogP contribution is 2.30. The summed E-state index contributed by atoms with van der Waals surface area (Å²) in [6, 6.07) is 11.0. The van der Waals surface area contributed by atoms with Gasteiger partial charge in [-0.25, -0.2) is 4.68 Å². The van der Waals surface area contributed by atoms with E-state index in [1.807, 2.05) is 24.3 Å². The lowest BCUT2D eigenvalue weighted by Gasteiger charge is -2.08. The van der Waals surface area contributed by atoms with Crippen LogP contribution in [-0.4, -0.2) is 19.9 Å². The summed E-state index contributed by atoms with van der Waals surface area (Å²) < 4.78 is 44.0. The molecule has 0 radical (unpaired) electrons. The molecule has 10 heteroatoms. The number of ether oxygens (including phenoxy) is 1. The van der Waals surface area contributed by atoms with Crippen molar-refractivity contribution in [1.82, 2.24) is 19.9 Å². The van der Waals surface area contributed by atoms with Crippen LogP contribution in [0.25, 0.3) is 0 Å². The highest BCUT2D eigenvalue weighted by atomic mass is 32.2. The molecule has 0 unspecified atom stereocenters. The van der Waals surface area contributed by atoms with Gasteiger partial charge in [0.05, 0.1) is 0 Å². The number of halogens is 3. The van der Waals surface area contributed by atoms with Crippen molar-refractivity contribution in [3.05, 3.63) is 65.7 Å². The summed E-state index contributed by atoms with van der Waals surface area (Å²) in [6.45, 7) is 0.401. The van der Waals surface area contributed by atoms with Gasteiger partial charge in [-0.2, -0.15) is 13.2 Å². The molecule has 2 aromatic heterocycles. The van der Waals surface area contributed by atoms with Gasteiger partial charge in [0.1, 0.15) is 12.4 Å². The van der Waals surface area contributed by atoms with Crippen LogP contribution in [0.5, 0.6) is 5.75 Å². The molecule has 2 N–H and O–H groups in total. The van der Waals surface area contributed by atoms with Crippen LogP contribution < -0.4 is 10.6 Å². The van der Waals surface area contributed by atoms with Crippen LogP contribution in [-0.2, 0) is 18.5 Å². The van der Waals surface area contributed by atoms with Crippen LogP contribution in [0.15, 0.2) is 53.9 Å². The molecule has 0 saturated carbocycles. The normalized spacial score (nSPS) is 11.5. The predicted molar refractivity (Wildman–Crippen MR) is 89.7 cm³/mol. The summed E-state index contributed by atoms with van der Waals surface area (Å²) in [5.41, 5.74) is 1.84. The predicted octanol–water partition coefficient (Wildman–Crippen LogP) is 3.28. The van der Waals surface area contributed by atoms with Gasteiger partial charge in [-0.15, -0.1) is 10.2 Å². The molecule has 0 spiro atoms. The van der Waals surface area contributed by atoms with Crippen LogP contribution in [0.4, 0.5) is 13.2 Å². The maximum atomic E-state index is 12.6. The van der Waals surface area contributed by atoms with Crippen molar-refractivity contribution in [2.45, 2.75) is 23.7 Å². The molecule has 3 aromatic rings. The van der Waals surface area contributed by atoms with E-state index >= 15 is 0 Å². The van der Waals surface area contributed by atoms with Gasteiger partial charge in [0.25, 0.3) is 5.82 Å². The van der Waals surface area contributed by atoms with Crippen molar-refractivity contribution in [3.8, 4) is 5.75 Å². The molecule has 0 saturated heterocycles. The standard InChI is InChI=1S/C16H14F3N5OS/c17-16(18,19)14-22-23-15(24(14)20)26-10-11-3-5-13(6-4-11)25-9-12-2-1-7-21-8-12/h1-8H,9-10,20H2. The number of rotatable bonds is 6. The van der Waals surface area contributed by atoms with E-state index in [4.69, 9.17) is 10.6 Å². The van der Waals surface area contributed by atoms with Crippen molar-refractivity contribution in [2.24, 2.45) is 0 Å². The quantitative estimate of drug-likeness (QED) is 0.522. The van der Waals surface area contributed by atoms with Crippen LogP contribution in [0.2, 0.25) is 0 Å².